The van der Waals surface area contributed by atoms with Crippen molar-refractivity contribution in [2.24, 2.45) is 0 Å². The van der Waals surface area contributed by atoms with E-state index in [-0.39, 0.29) is 17.1 Å². The van der Waals surface area contributed by atoms with Crippen molar-refractivity contribution in [3.63, 3.8) is 0 Å². The molecule has 1 aliphatic rings. The van der Waals surface area contributed by atoms with Gasteiger partial charge in [-0.05, 0) is 18.6 Å². The van der Waals surface area contributed by atoms with E-state index in [1.165, 1.54) is 11.8 Å². The molecule has 2 rings (SSSR count). The van der Waals surface area contributed by atoms with Crippen LogP contribution in [0.1, 0.15) is 12.8 Å². The maximum Gasteiger partial charge on any atom is 0.240 e. The summed E-state index contributed by atoms with van der Waals surface area (Å²) in [7, 11) is 0. The zero-order valence-electron chi connectivity index (χ0n) is 8.10. The summed E-state index contributed by atoms with van der Waals surface area (Å²) in [6.07, 6.45) is 1.07. The fourth-order valence-corrected chi connectivity index (χ4v) is 2.49. The van der Waals surface area contributed by atoms with Gasteiger partial charge in [0.05, 0.1) is 5.25 Å². The van der Waals surface area contributed by atoms with E-state index in [9.17, 15) is 9.59 Å². The predicted octanol–water partition coefficient (Wildman–Crippen LogP) is 1.58. The van der Waals surface area contributed by atoms with Crippen molar-refractivity contribution in [3.8, 4) is 0 Å². The first-order chi connectivity index (χ1) is 7.25. The summed E-state index contributed by atoms with van der Waals surface area (Å²) < 4.78 is 0. The second-order valence-electron chi connectivity index (χ2n) is 3.37. The summed E-state index contributed by atoms with van der Waals surface area (Å²) in [6.45, 7) is 0. The number of piperidine rings is 1. The zero-order valence-corrected chi connectivity index (χ0v) is 8.92. The van der Waals surface area contributed by atoms with Crippen molar-refractivity contribution in [2.75, 3.05) is 0 Å². The van der Waals surface area contributed by atoms with Crippen LogP contribution in [-0.2, 0) is 9.59 Å². The van der Waals surface area contributed by atoms with Crippen LogP contribution >= 0.6 is 11.8 Å². The molecule has 1 aliphatic heterocycles. The summed E-state index contributed by atoms with van der Waals surface area (Å²) in [5, 5.41) is 2.22. The summed E-state index contributed by atoms with van der Waals surface area (Å²) in [4.78, 5) is 23.4. The first-order valence-corrected chi connectivity index (χ1v) is 5.69. The second-order valence-corrected chi connectivity index (χ2v) is 4.65. The van der Waals surface area contributed by atoms with E-state index in [1.54, 1.807) is 0 Å². The molecule has 1 heterocycles. The summed E-state index contributed by atoms with van der Waals surface area (Å²) >= 11 is 1.51. The van der Waals surface area contributed by atoms with Gasteiger partial charge in [-0.1, -0.05) is 18.2 Å². The maximum atomic E-state index is 11.5. The molecule has 0 aromatic heterocycles. The summed E-state index contributed by atoms with van der Waals surface area (Å²) in [6, 6.07) is 9.75. The Balaban J connectivity index is 2.01. The Labute approximate surface area is 92.2 Å². The molecule has 1 saturated heterocycles. The monoisotopic (exact) mass is 221 g/mol. The van der Waals surface area contributed by atoms with Gasteiger partial charge in [-0.3, -0.25) is 14.9 Å². The minimum absolute atomic E-state index is 0.134. The largest absolute Gasteiger partial charge is 0.295 e. The minimum Gasteiger partial charge on any atom is -0.295 e. The van der Waals surface area contributed by atoms with Gasteiger partial charge in [-0.25, -0.2) is 0 Å². The lowest BCUT2D eigenvalue weighted by atomic mass is 10.1. The van der Waals surface area contributed by atoms with Gasteiger partial charge in [-0.15, -0.1) is 11.8 Å². The van der Waals surface area contributed by atoms with Gasteiger partial charge in [0.1, 0.15) is 0 Å². The molecule has 0 saturated carbocycles. The Morgan fingerprint density at radius 2 is 1.93 bits per heavy atom. The molecule has 1 N–H and O–H groups in total. The lowest BCUT2D eigenvalue weighted by molar-refractivity contribution is -0.132. The molecule has 4 heteroatoms. The van der Waals surface area contributed by atoms with Crippen LogP contribution in [0.4, 0.5) is 0 Å². The van der Waals surface area contributed by atoms with Crippen molar-refractivity contribution in [1.82, 2.24) is 5.32 Å². The number of rotatable bonds is 2. The van der Waals surface area contributed by atoms with Crippen LogP contribution in [0.3, 0.4) is 0 Å². The van der Waals surface area contributed by atoms with Crippen LogP contribution in [-0.4, -0.2) is 17.1 Å². The van der Waals surface area contributed by atoms with E-state index in [0.717, 1.165) is 4.90 Å². The van der Waals surface area contributed by atoms with Gasteiger partial charge in [0, 0.05) is 11.3 Å². The zero-order chi connectivity index (χ0) is 10.7. The molecule has 78 valence electrons. The molecule has 0 aliphatic carbocycles. The van der Waals surface area contributed by atoms with Gasteiger partial charge in [0.2, 0.25) is 11.8 Å². The van der Waals surface area contributed by atoms with Crippen LogP contribution < -0.4 is 5.32 Å². The Hall–Kier alpha value is -1.29. The average Bonchev–Trinajstić information content (AvgIpc) is 2.24. The Morgan fingerprint density at radius 3 is 2.60 bits per heavy atom. The highest BCUT2D eigenvalue weighted by atomic mass is 32.2. The first-order valence-electron chi connectivity index (χ1n) is 4.81. The van der Waals surface area contributed by atoms with Gasteiger partial charge < -0.3 is 0 Å². The molecule has 15 heavy (non-hydrogen) atoms. The minimum atomic E-state index is -0.167. The first kappa shape index (κ1) is 10.2. The van der Waals surface area contributed by atoms with Crippen LogP contribution in [0, 0.1) is 0 Å². The Morgan fingerprint density at radius 1 is 1.20 bits per heavy atom. The van der Waals surface area contributed by atoms with Crippen LogP contribution in [0.15, 0.2) is 35.2 Å². The number of carbonyl (C=O) groups is 2. The van der Waals surface area contributed by atoms with E-state index in [2.05, 4.69) is 5.32 Å². The van der Waals surface area contributed by atoms with Crippen LogP contribution in [0.2, 0.25) is 0 Å². The fourth-order valence-electron chi connectivity index (χ4n) is 1.45. The molecule has 1 aromatic carbocycles. The van der Waals surface area contributed by atoms with Crippen molar-refractivity contribution in [3.05, 3.63) is 30.3 Å². The van der Waals surface area contributed by atoms with E-state index in [0.29, 0.717) is 12.8 Å². The number of imide groups is 1. The number of benzene rings is 1. The quantitative estimate of drug-likeness (QED) is 0.771. The van der Waals surface area contributed by atoms with Crippen molar-refractivity contribution in [2.45, 2.75) is 23.0 Å². The highest BCUT2D eigenvalue weighted by Gasteiger charge is 2.27. The normalized spacial score (nSPS) is 21.2. The molecule has 0 radical (unpaired) electrons. The van der Waals surface area contributed by atoms with Gasteiger partial charge in [0.15, 0.2) is 0 Å². The highest BCUT2D eigenvalue weighted by molar-refractivity contribution is 8.00. The van der Waals surface area contributed by atoms with E-state index in [1.807, 2.05) is 30.3 Å². The molecule has 0 spiro atoms. The topological polar surface area (TPSA) is 46.2 Å². The molecule has 1 atom stereocenters. The Bertz CT molecular complexity index is 377. The molecule has 1 fully saturated rings. The molecular formula is C11H11NO2S. The van der Waals surface area contributed by atoms with Gasteiger partial charge >= 0.3 is 0 Å². The second kappa shape index (κ2) is 4.49. The smallest absolute Gasteiger partial charge is 0.240 e. The standard InChI is InChI=1S/C11H11NO2S/c13-10-7-6-9(11(14)12-10)15-8-4-2-1-3-5-8/h1-5,9H,6-7H2,(H,12,13,14)/t9-/m1/s1. The van der Waals surface area contributed by atoms with Crippen molar-refractivity contribution < 1.29 is 9.59 Å². The molecule has 2 amide bonds. The van der Waals surface area contributed by atoms with E-state index >= 15 is 0 Å². The number of nitrogens with one attached hydrogen (secondary N) is 1. The van der Waals surface area contributed by atoms with Crippen LogP contribution in [0.25, 0.3) is 0 Å². The molecular weight excluding hydrogens is 210 g/mol. The third kappa shape index (κ3) is 2.59. The molecule has 0 unspecified atom stereocenters. The number of hydrogen-bond acceptors (Lipinski definition) is 3. The van der Waals surface area contributed by atoms with E-state index < -0.39 is 0 Å². The SMILES string of the molecule is O=C1CC[C@@H](Sc2ccccc2)C(=O)N1. The third-order valence-electron chi connectivity index (χ3n) is 2.21. The highest BCUT2D eigenvalue weighted by Crippen LogP contribution is 2.27. The third-order valence-corrected chi connectivity index (χ3v) is 3.49. The number of thioether (sulfide) groups is 1. The summed E-state index contributed by atoms with van der Waals surface area (Å²) in [5.74, 6) is -0.329. The lowest BCUT2D eigenvalue weighted by Gasteiger charge is -2.19. The number of hydrogen-bond donors (Lipinski definition) is 1. The van der Waals surface area contributed by atoms with E-state index in [4.69, 9.17) is 0 Å². The maximum absolute atomic E-state index is 11.5. The van der Waals surface area contributed by atoms with Crippen molar-refractivity contribution >= 4 is 23.6 Å². The number of carbonyl (C=O) groups excluding carboxylic acids is 2. The average molecular weight is 221 g/mol. The predicted molar refractivity (Wildman–Crippen MR) is 58.5 cm³/mol. The van der Waals surface area contributed by atoms with Crippen molar-refractivity contribution in [1.29, 1.82) is 0 Å². The van der Waals surface area contributed by atoms with Gasteiger partial charge in [0.25, 0.3) is 0 Å². The molecule has 3 nitrogen and oxygen atoms in total. The lowest BCUT2D eigenvalue weighted by Crippen LogP contribution is -2.42. The fraction of sp³-hybridized carbons (Fsp3) is 0.273. The van der Waals surface area contributed by atoms with Gasteiger partial charge in [-0.2, -0.15) is 0 Å². The Kier molecular flexibility index (Phi) is 3.06. The molecule has 0 bridgehead atoms. The molecule has 1 aromatic rings. The van der Waals surface area contributed by atoms with Crippen LogP contribution in [0.5, 0.6) is 0 Å². The number of amides is 2. The summed E-state index contributed by atoms with van der Waals surface area (Å²) in [5.41, 5.74) is 0.